The number of hydrogen-bond donors (Lipinski definition) is 2. The van der Waals surface area contributed by atoms with Gasteiger partial charge in [0.1, 0.15) is 0 Å². The number of nitrogens with zero attached hydrogens (tertiary/aromatic N) is 1. The lowest BCUT2D eigenvalue weighted by Gasteiger charge is -2.21. The second-order valence-corrected chi connectivity index (χ2v) is 4.68. The summed E-state index contributed by atoms with van der Waals surface area (Å²) in [5, 5.41) is 9.69. The highest BCUT2D eigenvalue weighted by atomic mass is 16.5. The van der Waals surface area contributed by atoms with Gasteiger partial charge in [-0.05, 0) is 18.7 Å². The second-order valence-electron chi connectivity index (χ2n) is 4.68. The molecule has 6 heteroatoms. The number of nitrogens with two attached hydrogens (primary N) is 1. The molecular weight excluding hydrogens is 260 g/mol. The number of esters is 1. The molecule has 0 aliphatic carbocycles. The molecule has 0 amide bonds. The molecule has 1 aromatic carbocycles. The number of hydrogen-bond acceptors (Lipinski definition) is 6. The summed E-state index contributed by atoms with van der Waals surface area (Å²) in [6.45, 7) is 1.19. The number of carbonyl (C=O) groups is 1. The number of aliphatic hydroxyl groups excluding tert-OH is 1. The van der Waals surface area contributed by atoms with Gasteiger partial charge in [0, 0.05) is 25.9 Å². The first-order valence-corrected chi connectivity index (χ1v) is 6.30. The number of aliphatic hydroxyl groups is 1. The molecule has 0 aliphatic heterocycles. The smallest absolute Gasteiger partial charge is 0.340 e. The van der Waals surface area contributed by atoms with Crippen LogP contribution < -0.4 is 5.73 Å². The zero-order chi connectivity index (χ0) is 15.1. The zero-order valence-electron chi connectivity index (χ0n) is 12.1. The molecule has 0 fully saturated rings. The summed E-state index contributed by atoms with van der Waals surface area (Å²) < 4.78 is 9.63. The number of rotatable bonds is 7. The predicted octanol–water partition coefficient (Wildman–Crippen LogP) is 0.494. The van der Waals surface area contributed by atoms with Crippen LogP contribution in [0.2, 0.25) is 0 Å². The van der Waals surface area contributed by atoms with E-state index in [-0.39, 0.29) is 6.61 Å². The summed E-state index contributed by atoms with van der Waals surface area (Å²) in [7, 11) is 4.71. The van der Waals surface area contributed by atoms with E-state index in [1.165, 1.54) is 14.2 Å². The van der Waals surface area contributed by atoms with E-state index in [1.54, 1.807) is 12.1 Å². The van der Waals surface area contributed by atoms with Crippen LogP contribution in [0.5, 0.6) is 0 Å². The molecule has 0 heterocycles. The number of benzene rings is 1. The van der Waals surface area contributed by atoms with E-state index in [1.807, 2.05) is 18.0 Å². The van der Waals surface area contributed by atoms with Crippen LogP contribution >= 0.6 is 0 Å². The van der Waals surface area contributed by atoms with E-state index in [4.69, 9.17) is 15.2 Å². The van der Waals surface area contributed by atoms with Gasteiger partial charge in [0.25, 0.3) is 0 Å². The molecule has 3 N–H and O–H groups in total. The molecule has 20 heavy (non-hydrogen) atoms. The second kappa shape index (κ2) is 7.84. The van der Waals surface area contributed by atoms with Crippen LogP contribution in [0.25, 0.3) is 0 Å². The average Bonchev–Trinajstić information content (AvgIpc) is 2.38. The van der Waals surface area contributed by atoms with Crippen molar-refractivity contribution >= 4 is 11.7 Å². The Morgan fingerprint density at radius 1 is 1.45 bits per heavy atom. The van der Waals surface area contributed by atoms with Crippen molar-refractivity contribution in [2.75, 3.05) is 40.2 Å². The Morgan fingerprint density at radius 3 is 2.75 bits per heavy atom. The van der Waals surface area contributed by atoms with Crippen LogP contribution in [0, 0.1) is 0 Å². The largest absolute Gasteiger partial charge is 0.465 e. The molecule has 0 radical (unpaired) electrons. The summed E-state index contributed by atoms with van der Waals surface area (Å²) in [4.78, 5) is 13.7. The van der Waals surface area contributed by atoms with Crippen LogP contribution in [0.1, 0.15) is 15.9 Å². The normalized spacial score (nSPS) is 12.4. The van der Waals surface area contributed by atoms with Crippen molar-refractivity contribution in [3.05, 3.63) is 29.3 Å². The summed E-state index contributed by atoms with van der Waals surface area (Å²) >= 11 is 0. The van der Waals surface area contributed by atoms with Crippen LogP contribution in [0.15, 0.2) is 18.2 Å². The number of ether oxygens (including phenoxy) is 2. The molecular formula is C14H22N2O4. The Hall–Kier alpha value is -1.63. The lowest BCUT2D eigenvalue weighted by molar-refractivity contribution is 0.0417. The number of nitrogen functional groups attached to an aromatic ring is 1. The third-order valence-electron chi connectivity index (χ3n) is 2.89. The molecule has 0 aromatic heterocycles. The molecule has 1 aromatic rings. The number of anilines is 1. The summed E-state index contributed by atoms with van der Waals surface area (Å²) in [5.74, 6) is -0.455. The topological polar surface area (TPSA) is 85.0 Å². The van der Waals surface area contributed by atoms with Gasteiger partial charge in [0.2, 0.25) is 0 Å². The van der Waals surface area contributed by atoms with Gasteiger partial charge in [-0.1, -0.05) is 12.1 Å². The molecule has 1 rings (SSSR count). The Morgan fingerprint density at radius 2 is 2.15 bits per heavy atom. The molecule has 0 saturated carbocycles. The SMILES string of the molecule is COCC(O)CN(C)Cc1cccc(N)c1C(=O)OC. The zero-order valence-corrected chi connectivity index (χ0v) is 12.1. The van der Waals surface area contributed by atoms with Gasteiger partial charge in [-0.15, -0.1) is 0 Å². The maximum atomic E-state index is 11.8. The van der Waals surface area contributed by atoms with Gasteiger partial charge in [-0.2, -0.15) is 0 Å². The van der Waals surface area contributed by atoms with Gasteiger partial charge >= 0.3 is 5.97 Å². The molecule has 6 nitrogen and oxygen atoms in total. The Labute approximate surface area is 119 Å². The van der Waals surface area contributed by atoms with Crippen molar-refractivity contribution in [2.24, 2.45) is 0 Å². The number of carbonyl (C=O) groups excluding carboxylic acids is 1. The number of likely N-dealkylation sites (N-methyl/N-ethyl adjacent to an activating group) is 1. The molecule has 0 spiro atoms. The third kappa shape index (κ3) is 4.48. The van der Waals surface area contributed by atoms with E-state index in [9.17, 15) is 9.90 Å². The maximum absolute atomic E-state index is 11.8. The van der Waals surface area contributed by atoms with Crippen LogP contribution in [-0.4, -0.2) is 56.5 Å². The standard InChI is InChI=1S/C14H22N2O4/c1-16(8-11(17)9-19-2)7-10-5-4-6-12(15)13(10)14(18)20-3/h4-6,11,17H,7-9,15H2,1-3H3. The molecule has 112 valence electrons. The van der Waals surface area contributed by atoms with E-state index in [0.29, 0.717) is 24.3 Å². The minimum atomic E-state index is -0.576. The van der Waals surface area contributed by atoms with Crippen molar-refractivity contribution in [1.82, 2.24) is 4.90 Å². The van der Waals surface area contributed by atoms with Crippen molar-refractivity contribution in [3.8, 4) is 0 Å². The number of methoxy groups -OCH3 is 2. The van der Waals surface area contributed by atoms with E-state index < -0.39 is 12.1 Å². The predicted molar refractivity (Wildman–Crippen MR) is 76.4 cm³/mol. The van der Waals surface area contributed by atoms with Gasteiger partial charge in [-0.3, -0.25) is 4.90 Å². The van der Waals surface area contributed by atoms with Crippen molar-refractivity contribution in [2.45, 2.75) is 12.6 Å². The average molecular weight is 282 g/mol. The molecule has 0 aliphatic rings. The van der Waals surface area contributed by atoms with Gasteiger partial charge < -0.3 is 20.3 Å². The Balaban J connectivity index is 2.81. The first-order valence-electron chi connectivity index (χ1n) is 6.30. The Bertz CT molecular complexity index is 451. The molecule has 0 saturated heterocycles. The first-order chi connectivity index (χ1) is 9.49. The third-order valence-corrected chi connectivity index (χ3v) is 2.89. The van der Waals surface area contributed by atoms with E-state index in [2.05, 4.69) is 0 Å². The minimum Gasteiger partial charge on any atom is -0.465 e. The maximum Gasteiger partial charge on any atom is 0.340 e. The van der Waals surface area contributed by atoms with E-state index in [0.717, 1.165) is 5.56 Å². The van der Waals surface area contributed by atoms with E-state index >= 15 is 0 Å². The summed E-state index contributed by atoms with van der Waals surface area (Å²) in [6, 6.07) is 5.27. The molecule has 0 bridgehead atoms. The van der Waals surface area contributed by atoms with Crippen molar-refractivity contribution < 1.29 is 19.4 Å². The van der Waals surface area contributed by atoms with Gasteiger partial charge in [0.05, 0.1) is 25.4 Å². The minimum absolute atomic E-state index is 0.269. The summed E-state index contributed by atoms with van der Waals surface area (Å²) in [6.07, 6.45) is -0.576. The van der Waals surface area contributed by atoms with Crippen molar-refractivity contribution in [1.29, 1.82) is 0 Å². The van der Waals surface area contributed by atoms with Crippen LogP contribution in [0.4, 0.5) is 5.69 Å². The first kappa shape index (κ1) is 16.4. The summed E-state index contributed by atoms with van der Waals surface area (Å²) in [5.41, 5.74) is 7.37. The monoisotopic (exact) mass is 282 g/mol. The highest BCUT2D eigenvalue weighted by Gasteiger charge is 2.17. The van der Waals surface area contributed by atoms with Gasteiger partial charge in [0.15, 0.2) is 0 Å². The highest BCUT2D eigenvalue weighted by molar-refractivity contribution is 5.96. The van der Waals surface area contributed by atoms with Gasteiger partial charge in [-0.25, -0.2) is 4.79 Å². The quantitative estimate of drug-likeness (QED) is 0.559. The lowest BCUT2D eigenvalue weighted by atomic mass is 10.0. The fraction of sp³-hybridized carbons (Fsp3) is 0.500. The lowest BCUT2D eigenvalue weighted by Crippen LogP contribution is -2.32. The van der Waals surface area contributed by atoms with Crippen LogP contribution in [-0.2, 0) is 16.0 Å². The van der Waals surface area contributed by atoms with Crippen molar-refractivity contribution in [3.63, 3.8) is 0 Å². The van der Waals surface area contributed by atoms with Crippen LogP contribution in [0.3, 0.4) is 0 Å². The molecule has 1 atom stereocenters. The fourth-order valence-electron chi connectivity index (χ4n) is 2.06. The fourth-order valence-corrected chi connectivity index (χ4v) is 2.06. The highest BCUT2D eigenvalue weighted by Crippen LogP contribution is 2.19. The molecule has 1 unspecified atom stereocenters. The Kier molecular flexibility index (Phi) is 6.44.